The number of amides is 1. The van der Waals surface area contributed by atoms with Gasteiger partial charge in [0.05, 0.1) is 12.6 Å². The van der Waals surface area contributed by atoms with Crippen molar-refractivity contribution in [1.29, 1.82) is 0 Å². The third-order valence-corrected chi connectivity index (χ3v) is 3.08. The lowest BCUT2D eigenvalue weighted by atomic mass is 10.1. The summed E-state index contributed by atoms with van der Waals surface area (Å²) < 4.78 is 0. The normalized spacial score (nSPS) is 16.3. The Bertz CT molecular complexity index is 377. The maximum Gasteiger partial charge on any atom is 0.221 e. The number of hydrogen-bond donors (Lipinski definition) is 3. The Morgan fingerprint density at radius 2 is 2.06 bits per heavy atom. The van der Waals surface area contributed by atoms with Crippen molar-refractivity contribution in [3.63, 3.8) is 0 Å². The average molecular weight is 248 g/mol. The van der Waals surface area contributed by atoms with Crippen molar-refractivity contribution in [2.24, 2.45) is 0 Å². The first-order valence-electron chi connectivity index (χ1n) is 6.48. The van der Waals surface area contributed by atoms with Crippen molar-refractivity contribution in [2.75, 3.05) is 13.2 Å². The number of carbonyl (C=O) groups is 1. The molecule has 98 valence electrons. The molecular weight excluding hydrogens is 228 g/mol. The molecule has 0 heterocycles. The smallest absolute Gasteiger partial charge is 0.221 e. The van der Waals surface area contributed by atoms with E-state index in [0.29, 0.717) is 19.0 Å². The van der Waals surface area contributed by atoms with E-state index in [9.17, 15) is 9.90 Å². The van der Waals surface area contributed by atoms with Crippen molar-refractivity contribution < 1.29 is 9.90 Å². The summed E-state index contributed by atoms with van der Waals surface area (Å²) in [5.41, 5.74) is 0.934. The quantitative estimate of drug-likeness (QED) is 0.674. The number of hydrogen-bond acceptors (Lipinski definition) is 3. The second-order valence-corrected chi connectivity index (χ2v) is 4.69. The minimum atomic E-state index is -0.306. The highest BCUT2D eigenvalue weighted by atomic mass is 16.3. The lowest BCUT2D eigenvalue weighted by Crippen LogP contribution is -2.33. The van der Waals surface area contributed by atoms with E-state index < -0.39 is 0 Å². The Hall–Kier alpha value is -1.39. The first-order chi connectivity index (χ1) is 8.79. The van der Waals surface area contributed by atoms with Gasteiger partial charge in [0.1, 0.15) is 0 Å². The summed E-state index contributed by atoms with van der Waals surface area (Å²) in [5, 5.41) is 15.5. The minimum absolute atomic E-state index is 0.0222. The molecule has 1 aliphatic carbocycles. The number of benzene rings is 1. The molecule has 1 atom stereocenters. The molecule has 0 spiro atoms. The molecule has 4 nitrogen and oxygen atoms in total. The number of aliphatic hydroxyl groups excluding tert-OH is 1. The number of rotatable bonds is 7. The molecule has 1 aromatic carbocycles. The molecule has 0 unspecified atom stereocenters. The number of nitrogens with one attached hydrogen (secondary N) is 2. The second kappa shape index (κ2) is 6.52. The Morgan fingerprint density at radius 3 is 2.67 bits per heavy atom. The van der Waals surface area contributed by atoms with Gasteiger partial charge in [0.2, 0.25) is 5.91 Å². The van der Waals surface area contributed by atoms with Gasteiger partial charge < -0.3 is 15.7 Å². The molecule has 3 N–H and O–H groups in total. The Labute approximate surface area is 107 Å². The van der Waals surface area contributed by atoms with E-state index in [1.807, 2.05) is 30.3 Å². The second-order valence-electron chi connectivity index (χ2n) is 4.69. The maximum absolute atomic E-state index is 11.7. The molecule has 1 saturated carbocycles. The molecule has 2 rings (SSSR count). The lowest BCUT2D eigenvalue weighted by molar-refractivity contribution is -0.122. The van der Waals surface area contributed by atoms with Crippen LogP contribution in [-0.2, 0) is 4.79 Å². The summed E-state index contributed by atoms with van der Waals surface area (Å²) in [6.07, 6.45) is 2.91. The molecule has 0 radical (unpaired) electrons. The zero-order valence-corrected chi connectivity index (χ0v) is 10.4. The average Bonchev–Trinajstić information content (AvgIpc) is 3.21. The van der Waals surface area contributed by atoms with E-state index in [-0.39, 0.29) is 18.6 Å². The van der Waals surface area contributed by atoms with E-state index in [2.05, 4.69) is 10.6 Å². The fourth-order valence-corrected chi connectivity index (χ4v) is 1.86. The van der Waals surface area contributed by atoms with Gasteiger partial charge in [0.15, 0.2) is 0 Å². The van der Waals surface area contributed by atoms with Crippen molar-refractivity contribution in [3.8, 4) is 0 Å². The topological polar surface area (TPSA) is 61.4 Å². The van der Waals surface area contributed by atoms with Crippen LogP contribution >= 0.6 is 0 Å². The predicted molar refractivity (Wildman–Crippen MR) is 70.1 cm³/mol. The molecule has 0 aromatic heterocycles. The van der Waals surface area contributed by atoms with Crippen LogP contribution in [0.1, 0.15) is 30.9 Å². The largest absolute Gasteiger partial charge is 0.394 e. The lowest BCUT2D eigenvalue weighted by Gasteiger charge is -2.16. The minimum Gasteiger partial charge on any atom is -0.394 e. The van der Waals surface area contributed by atoms with Crippen LogP contribution in [0.25, 0.3) is 0 Å². The van der Waals surface area contributed by atoms with E-state index in [1.54, 1.807) is 0 Å². The van der Waals surface area contributed by atoms with E-state index in [1.165, 1.54) is 12.8 Å². The van der Waals surface area contributed by atoms with Crippen LogP contribution in [0.2, 0.25) is 0 Å². The van der Waals surface area contributed by atoms with Crippen LogP contribution in [0.5, 0.6) is 0 Å². The van der Waals surface area contributed by atoms with E-state index in [0.717, 1.165) is 5.56 Å². The predicted octanol–water partition coefficient (Wildman–Crippen LogP) is 0.978. The van der Waals surface area contributed by atoms with E-state index >= 15 is 0 Å². The summed E-state index contributed by atoms with van der Waals surface area (Å²) in [7, 11) is 0. The summed E-state index contributed by atoms with van der Waals surface area (Å²) in [5.74, 6) is -0.0222. The highest BCUT2D eigenvalue weighted by Crippen LogP contribution is 2.18. The monoisotopic (exact) mass is 248 g/mol. The van der Waals surface area contributed by atoms with Crippen LogP contribution in [0, 0.1) is 0 Å². The summed E-state index contributed by atoms with van der Waals surface area (Å²) >= 11 is 0. The van der Waals surface area contributed by atoms with Gasteiger partial charge in [-0.2, -0.15) is 0 Å². The van der Waals surface area contributed by atoms with Gasteiger partial charge in [-0.05, 0) is 18.4 Å². The van der Waals surface area contributed by atoms with Gasteiger partial charge in [0, 0.05) is 19.0 Å². The van der Waals surface area contributed by atoms with Crippen LogP contribution in [0.3, 0.4) is 0 Å². The zero-order valence-electron chi connectivity index (χ0n) is 10.4. The van der Waals surface area contributed by atoms with Crippen LogP contribution in [0.15, 0.2) is 30.3 Å². The van der Waals surface area contributed by atoms with Crippen molar-refractivity contribution >= 4 is 5.91 Å². The molecule has 1 aliphatic rings. The SMILES string of the molecule is O=C(CCNC1CC1)N[C@@H](CO)c1ccccc1. The van der Waals surface area contributed by atoms with E-state index in [4.69, 9.17) is 0 Å². The van der Waals surface area contributed by atoms with Crippen LogP contribution in [-0.4, -0.2) is 30.2 Å². The van der Waals surface area contributed by atoms with Gasteiger partial charge in [-0.25, -0.2) is 0 Å². The molecule has 18 heavy (non-hydrogen) atoms. The Morgan fingerprint density at radius 1 is 1.33 bits per heavy atom. The van der Waals surface area contributed by atoms with Gasteiger partial charge in [-0.3, -0.25) is 4.79 Å². The molecular formula is C14H20N2O2. The molecule has 1 fully saturated rings. The fourth-order valence-electron chi connectivity index (χ4n) is 1.86. The molecule has 0 bridgehead atoms. The maximum atomic E-state index is 11.7. The molecule has 1 amide bonds. The Balaban J connectivity index is 1.76. The highest BCUT2D eigenvalue weighted by molar-refractivity contribution is 5.76. The zero-order chi connectivity index (χ0) is 12.8. The summed E-state index contributed by atoms with van der Waals surface area (Å²) in [4.78, 5) is 11.7. The van der Waals surface area contributed by atoms with Crippen LogP contribution < -0.4 is 10.6 Å². The van der Waals surface area contributed by atoms with Gasteiger partial charge in [-0.15, -0.1) is 0 Å². The third kappa shape index (κ3) is 4.13. The molecule has 4 heteroatoms. The van der Waals surface area contributed by atoms with Crippen molar-refractivity contribution in [1.82, 2.24) is 10.6 Å². The molecule has 1 aromatic rings. The first-order valence-corrected chi connectivity index (χ1v) is 6.48. The van der Waals surface area contributed by atoms with Gasteiger partial charge in [-0.1, -0.05) is 30.3 Å². The third-order valence-electron chi connectivity index (χ3n) is 3.08. The van der Waals surface area contributed by atoms with Gasteiger partial charge >= 0.3 is 0 Å². The first kappa shape index (κ1) is 13.1. The Kier molecular flexibility index (Phi) is 4.73. The van der Waals surface area contributed by atoms with Crippen molar-refractivity contribution in [2.45, 2.75) is 31.3 Å². The summed E-state index contributed by atoms with van der Waals surface area (Å²) in [6.45, 7) is 0.634. The molecule has 0 aliphatic heterocycles. The number of aliphatic hydroxyl groups is 1. The molecule has 0 saturated heterocycles. The fraction of sp³-hybridized carbons (Fsp3) is 0.500. The highest BCUT2D eigenvalue weighted by Gasteiger charge is 2.20. The summed E-state index contributed by atoms with van der Waals surface area (Å²) in [6, 6.07) is 9.85. The standard InChI is InChI=1S/C14H20N2O2/c17-10-13(11-4-2-1-3-5-11)16-14(18)8-9-15-12-6-7-12/h1-5,12-13,15,17H,6-10H2,(H,16,18)/t13-/m0/s1. The van der Waals surface area contributed by atoms with Crippen molar-refractivity contribution in [3.05, 3.63) is 35.9 Å². The number of carbonyl (C=O) groups excluding carboxylic acids is 1. The van der Waals surface area contributed by atoms with Crippen LogP contribution in [0.4, 0.5) is 0 Å². The van der Waals surface area contributed by atoms with Gasteiger partial charge in [0.25, 0.3) is 0 Å².